The highest BCUT2D eigenvalue weighted by Gasteiger charge is 2.25. The summed E-state index contributed by atoms with van der Waals surface area (Å²) in [5.74, 6) is 2.36. The molecular weight excluding hydrogens is 184 g/mol. The van der Waals surface area contributed by atoms with Gasteiger partial charge in [0.15, 0.2) is 5.78 Å². The third-order valence-corrected chi connectivity index (χ3v) is 3.33. The van der Waals surface area contributed by atoms with Crippen molar-refractivity contribution < 1.29 is 9.53 Å². The number of hydrogen-bond acceptors (Lipinski definition) is 3. The lowest BCUT2D eigenvalue weighted by atomic mass is 9.98. The smallest absolute Gasteiger partial charge is 0.165 e. The Kier molecular flexibility index (Phi) is 4.81. The van der Waals surface area contributed by atoms with Gasteiger partial charge in [-0.15, -0.1) is 0 Å². The molecule has 1 saturated heterocycles. The summed E-state index contributed by atoms with van der Waals surface area (Å²) < 4.78 is 5.44. The first-order valence-electron chi connectivity index (χ1n) is 4.98. The summed E-state index contributed by atoms with van der Waals surface area (Å²) in [6, 6.07) is 0. The standard InChI is InChI=1S/C10H18O2S/c1-3-4-8(2)10(11)9-7-13-6-5-12-9/h8-9H,3-7H2,1-2H3. The van der Waals surface area contributed by atoms with E-state index >= 15 is 0 Å². The largest absolute Gasteiger partial charge is 0.369 e. The first kappa shape index (κ1) is 11.1. The predicted octanol–water partition coefficient (Wildman–Crippen LogP) is 2.12. The molecule has 0 aromatic heterocycles. The van der Waals surface area contributed by atoms with Gasteiger partial charge in [-0.3, -0.25) is 4.79 Å². The number of carbonyl (C=O) groups is 1. The molecule has 13 heavy (non-hydrogen) atoms. The fraction of sp³-hybridized carbons (Fsp3) is 0.900. The van der Waals surface area contributed by atoms with E-state index in [4.69, 9.17) is 4.74 Å². The highest BCUT2D eigenvalue weighted by Crippen LogP contribution is 2.18. The maximum Gasteiger partial charge on any atom is 0.165 e. The van der Waals surface area contributed by atoms with Crippen LogP contribution in [0.4, 0.5) is 0 Å². The number of hydrogen-bond donors (Lipinski definition) is 0. The molecule has 76 valence electrons. The quantitative estimate of drug-likeness (QED) is 0.698. The first-order valence-corrected chi connectivity index (χ1v) is 6.14. The van der Waals surface area contributed by atoms with Crippen LogP contribution in [0.25, 0.3) is 0 Å². The summed E-state index contributed by atoms with van der Waals surface area (Å²) in [6.07, 6.45) is 1.94. The lowest BCUT2D eigenvalue weighted by Crippen LogP contribution is -2.35. The zero-order valence-corrected chi connectivity index (χ0v) is 9.23. The van der Waals surface area contributed by atoms with E-state index in [2.05, 4.69) is 6.92 Å². The molecule has 1 fully saturated rings. The highest BCUT2D eigenvalue weighted by atomic mass is 32.2. The Balaban J connectivity index is 2.36. The molecule has 0 aromatic carbocycles. The van der Waals surface area contributed by atoms with E-state index in [1.165, 1.54) is 0 Å². The van der Waals surface area contributed by atoms with E-state index in [0.29, 0.717) is 5.78 Å². The van der Waals surface area contributed by atoms with Crippen molar-refractivity contribution in [3.8, 4) is 0 Å². The van der Waals surface area contributed by atoms with E-state index in [1.807, 2.05) is 18.7 Å². The van der Waals surface area contributed by atoms with Crippen LogP contribution in [-0.4, -0.2) is 30.0 Å². The second kappa shape index (κ2) is 5.66. The summed E-state index contributed by atoms with van der Waals surface area (Å²) in [6.45, 7) is 4.86. The number of ether oxygens (including phenoxy) is 1. The van der Waals surface area contributed by atoms with E-state index in [9.17, 15) is 4.79 Å². The van der Waals surface area contributed by atoms with E-state index < -0.39 is 0 Å². The normalized spacial score (nSPS) is 25.5. The lowest BCUT2D eigenvalue weighted by molar-refractivity contribution is -0.132. The van der Waals surface area contributed by atoms with Crippen molar-refractivity contribution in [3.63, 3.8) is 0 Å². The molecule has 0 spiro atoms. The summed E-state index contributed by atoms with van der Waals surface area (Å²) in [4.78, 5) is 11.7. The lowest BCUT2D eigenvalue weighted by Gasteiger charge is -2.23. The van der Waals surface area contributed by atoms with Crippen molar-refractivity contribution >= 4 is 17.5 Å². The van der Waals surface area contributed by atoms with Crippen LogP contribution in [0.3, 0.4) is 0 Å². The maximum atomic E-state index is 11.7. The van der Waals surface area contributed by atoms with Crippen LogP contribution in [-0.2, 0) is 9.53 Å². The zero-order chi connectivity index (χ0) is 9.68. The van der Waals surface area contributed by atoms with Gasteiger partial charge in [-0.05, 0) is 6.42 Å². The fourth-order valence-electron chi connectivity index (χ4n) is 1.54. The van der Waals surface area contributed by atoms with Crippen molar-refractivity contribution in [2.75, 3.05) is 18.1 Å². The Morgan fingerprint density at radius 1 is 1.69 bits per heavy atom. The SMILES string of the molecule is CCCC(C)C(=O)C1CSCCO1. The molecule has 2 unspecified atom stereocenters. The highest BCUT2D eigenvalue weighted by molar-refractivity contribution is 7.99. The Hall–Kier alpha value is -0.0200. The van der Waals surface area contributed by atoms with Crippen LogP contribution >= 0.6 is 11.8 Å². The average molecular weight is 202 g/mol. The van der Waals surface area contributed by atoms with Gasteiger partial charge in [0.1, 0.15) is 6.10 Å². The van der Waals surface area contributed by atoms with Gasteiger partial charge in [-0.25, -0.2) is 0 Å². The molecular formula is C10H18O2S. The molecule has 0 amide bonds. The zero-order valence-electron chi connectivity index (χ0n) is 8.41. The maximum absolute atomic E-state index is 11.7. The molecule has 1 rings (SSSR count). The molecule has 0 saturated carbocycles. The Morgan fingerprint density at radius 3 is 3.00 bits per heavy atom. The first-order chi connectivity index (χ1) is 6.25. The minimum Gasteiger partial charge on any atom is -0.369 e. The molecule has 1 aliphatic rings. The molecule has 3 heteroatoms. The number of rotatable bonds is 4. The van der Waals surface area contributed by atoms with Gasteiger partial charge in [0, 0.05) is 17.4 Å². The van der Waals surface area contributed by atoms with Crippen LogP contribution in [0.2, 0.25) is 0 Å². The molecule has 1 aliphatic heterocycles. The van der Waals surface area contributed by atoms with Crippen LogP contribution < -0.4 is 0 Å². The number of carbonyl (C=O) groups excluding carboxylic acids is 1. The summed E-state index contributed by atoms with van der Waals surface area (Å²) >= 11 is 1.82. The van der Waals surface area contributed by atoms with Crippen molar-refractivity contribution in [1.29, 1.82) is 0 Å². The van der Waals surface area contributed by atoms with Crippen LogP contribution in [0.1, 0.15) is 26.7 Å². The third-order valence-electron chi connectivity index (χ3n) is 2.34. The van der Waals surface area contributed by atoms with Gasteiger partial charge in [-0.1, -0.05) is 20.3 Å². The second-order valence-corrected chi connectivity index (χ2v) is 4.68. The molecule has 0 bridgehead atoms. The minimum atomic E-state index is -0.125. The Labute approximate surface area is 84.4 Å². The number of thioether (sulfide) groups is 1. The van der Waals surface area contributed by atoms with E-state index in [0.717, 1.165) is 31.0 Å². The molecule has 0 aromatic rings. The van der Waals surface area contributed by atoms with Crippen molar-refractivity contribution in [2.45, 2.75) is 32.8 Å². The average Bonchev–Trinajstić information content (AvgIpc) is 2.18. The molecule has 0 N–H and O–H groups in total. The van der Waals surface area contributed by atoms with Crippen molar-refractivity contribution in [3.05, 3.63) is 0 Å². The Morgan fingerprint density at radius 2 is 2.46 bits per heavy atom. The summed E-state index contributed by atoms with van der Waals surface area (Å²) in [5, 5.41) is 0. The van der Waals surface area contributed by atoms with Crippen LogP contribution in [0.15, 0.2) is 0 Å². The molecule has 0 radical (unpaired) electrons. The van der Waals surface area contributed by atoms with Crippen LogP contribution in [0, 0.1) is 5.92 Å². The van der Waals surface area contributed by atoms with Gasteiger partial charge < -0.3 is 4.74 Å². The second-order valence-electron chi connectivity index (χ2n) is 3.53. The van der Waals surface area contributed by atoms with Gasteiger partial charge >= 0.3 is 0 Å². The number of Topliss-reactive ketones (excluding diaryl/α,β-unsaturated/α-hetero) is 1. The van der Waals surface area contributed by atoms with Gasteiger partial charge in [0.2, 0.25) is 0 Å². The molecule has 2 nitrogen and oxygen atoms in total. The summed E-state index contributed by atoms with van der Waals surface area (Å²) in [7, 11) is 0. The van der Waals surface area contributed by atoms with Crippen LogP contribution in [0.5, 0.6) is 0 Å². The topological polar surface area (TPSA) is 26.3 Å². The molecule has 0 aliphatic carbocycles. The van der Waals surface area contributed by atoms with Crippen molar-refractivity contribution in [1.82, 2.24) is 0 Å². The van der Waals surface area contributed by atoms with Crippen molar-refractivity contribution in [2.24, 2.45) is 5.92 Å². The number of ketones is 1. The van der Waals surface area contributed by atoms with Gasteiger partial charge in [0.05, 0.1) is 6.61 Å². The fourth-order valence-corrected chi connectivity index (χ4v) is 2.40. The Bertz CT molecular complexity index is 164. The van der Waals surface area contributed by atoms with Gasteiger partial charge in [-0.2, -0.15) is 11.8 Å². The van der Waals surface area contributed by atoms with E-state index in [-0.39, 0.29) is 12.0 Å². The molecule has 1 heterocycles. The predicted molar refractivity (Wildman–Crippen MR) is 56.1 cm³/mol. The minimum absolute atomic E-state index is 0.125. The van der Waals surface area contributed by atoms with Gasteiger partial charge in [0.25, 0.3) is 0 Å². The monoisotopic (exact) mass is 202 g/mol. The molecule has 2 atom stereocenters. The summed E-state index contributed by atoms with van der Waals surface area (Å²) in [5.41, 5.74) is 0. The van der Waals surface area contributed by atoms with E-state index in [1.54, 1.807) is 0 Å². The third kappa shape index (κ3) is 3.31.